The number of benzene rings is 2. The fourth-order valence-electron chi connectivity index (χ4n) is 3.57. The van der Waals surface area contributed by atoms with Crippen LogP contribution in [0.1, 0.15) is 28.7 Å². The number of rotatable bonds is 1. The van der Waals surface area contributed by atoms with E-state index in [0.717, 1.165) is 11.0 Å². The average molecular weight is 263 g/mol. The third-order valence-corrected chi connectivity index (χ3v) is 4.48. The molecular formula is C17H17N3. The van der Waals surface area contributed by atoms with Gasteiger partial charge in [-0.25, -0.2) is 0 Å². The Hall–Kier alpha value is -2.16. The molecule has 3 heteroatoms. The second-order valence-electron chi connectivity index (χ2n) is 5.71. The summed E-state index contributed by atoms with van der Waals surface area (Å²) in [6.45, 7) is 4.48. The minimum absolute atomic E-state index is 0.921. The van der Waals surface area contributed by atoms with Crippen LogP contribution in [0.2, 0.25) is 0 Å². The van der Waals surface area contributed by atoms with Crippen molar-refractivity contribution >= 4 is 11.0 Å². The molecule has 0 fully saturated rings. The first-order chi connectivity index (χ1) is 9.74. The fourth-order valence-corrected chi connectivity index (χ4v) is 3.57. The van der Waals surface area contributed by atoms with Gasteiger partial charge in [-0.05, 0) is 78.6 Å². The van der Waals surface area contributed by atoms with Gasteiger partial charge in [-0.3, -0.25) is 0 Å². The van der Waals surface area contributed by atoms with Crippen molar-refractivity contribution in [3.8, 4) is 11.1 Å². The molecule has 1 aliphatic rings. The maximum atomic E-state index is 4.20. The Kier molecular flexibility index (Phi) is 2.43. The summed E-state index contributed by atoms with van der Waals surface area (Å²) in [5.74, 6) is 0. The van der Waals surface area contributed by atoms with Crippen LogP contribution >= 0.6 is 0 Å². The summed E-state index contributed by atoms with van der Waals surface area (Å²) < 4.78 is 0. The van der Waals surface area contributed by atoms with Crippen molar-refractivity contribution in [3.05, 3.63) is 46.5 Å². The molecule has 4 rings (SSSR count). The topological polar surface area (TPSA) is 41.6 Å². The minimum atomic E-state index is 0.921. The maximum absolute atomic E-state index is 4.20. The van der Waals surface area contributed by atoms with Crippen LogP contribution in [0, 0.1) is 13.8 Å². The van der Waals surface area contributed by atoms with Gasteiger partial charge in [0.15, 0.2) is 0 Å². The molecule has 0 saturated carbocycles. The summed E-state index contributed by atoms with van der Waals surface area (Å²) >= 11 is 0. The molecule has 2 aromatic carbocycles. The molecule has 0 spiro atoms. The summed E-state index contributed by atoms with van der Waals surface area (Å²) in [7, 11) is 0. The number of aromatic amines is 1. The van der Waals surface area contributed by atoms with E-state index in [0.29, 0.717) is 0 Å². The van der Waals surface area contributed by atoms with Crippen molar-refractivity contribution < 1.29 is 0 Å². The zero-order chi connectivity index (χ0) is 13.7. The molecule has 0 aliphatic heterocycles. The molecule has 0 radical (unpaired) electrons. The van der Waals surface area contributed by atoms with Gasteiger partial charge in [-0.2, -0.15) is 15.4 Å². The fraction of sp³-hybridized carbons (Fsp3) is 0.294. The first-order valence-electron chi connectivity index (χ1n) is 7.17. The van der Waals surface area contributed by atoms with Gasteiger partial charge < -0.3 is 0 Å². The number of nitrogens with zero attached hydrogens (tertiary/aromatic N) is 2. The van der Waals surface area contributed by atoms with E-state index < -0.39 is 0 Å². The van der Waals surface area contributed by atoms with E-state index in [2.05, 4.69) is 47.5 Å². The summed E-state index contributed by atoms with van der Waals surface area (Å²) in [6, 6.07) is 8.70. The Morgan fingerprint density at radius 2 is 1.85 bits per heavy atom. The van der Waals surface area contributed by atoms with E-state index in [9.17, 15) is 0 Å². The van der Waals surface area contributed by atoms with Crippen LogP contribution in [0.25, 0.3) is 22.2 Å². The van der Waals surface area contributed by atoms with E-state index >= 15 is 0 Å². The number of aryl methyl sites for hydroxylation is 2. The van der Waals surface area contributed by atoms with Crippen molar-refractivity contribution in [2.75, 3.05) is 0 Å². The molecule has 1 aromatic heterocycles. The van der Waals surface area contributed by atoms with Crippen LogP contribution in [0.15, 0.2) is 24.3 Å². The number of H-pyrrole nitrogens is 1. The zero-order valence-electron chi connectivity index (χ0n) is 11.8. The second kappa shape index (κ2) is 4.17. The van der Waals surface area contributed by atoms with Crippen molar-refractivity contribution in [2.45, 2.75) is 33.1 Å². The third kappa shape index (κ3) is 1.59. The van der Waals surface area contributed by atoms with Gasteiger partial charge in [0.05, 0.1) is 0 Å². The summed E-state index contributed by atoms with van der Waals surface area (Å²) in [4.78, 5) is 0. The molecule has 3 aromatic rings. The van der Waals surface area contributed by atoms with Crippen LogP contribution in [-0.2, 0) is 12.8 Å². The molecule has 20 heavy (non-hydrogen) atoms. The van der Waals surface area contributed by atoms with Crippen LogP contribution in [0.3, 0.4) is 0 Å². The van der Waals surface area contributed by atoms with Gasteiger partial charge in [0, 0.05) is 0 Å². The summed E-state index contributed by atoms with van der Waals surface area (Å²) in [6.07, 6.45) is 3.75. The predicted octanol–water partition coefficient (Wildman–Crippen LogP) is 3.73. The molecule has 0 saturated heterocycles. The molecule has 1 aliphatic carbocycles. The molecule has 0 bridgehead atoms. The summed E-state index contributed by atoms with van der Waals surface area (Å²) in [5.41, 5.74) is 10.4. The zero-order valence-corrected chi connectivity index (χ0v) is 11.8. The highest BCUT2D eigenvalue weighted by atomic mass is 15.3. The highest BCUT2D eigenvalue weighted by Gasteiger charge is 2.18. The van der Waals surface area contributed by atoms with Gasteiger partial charge in [0.25, 0.3) is 0 Å². The number of nitrogens with one attached hydrogen (secondary N) is 1. The minimum Gasteiger partial charge on any atom is -0.197 e. The highest BCUT2D eigenvalue weighted by molar-refractivity contribution is 5.83. The number of fused-ring (bicyclic) bond motifs is 2. The highest BCUT2D eigenvalue weighted by Crippen LogP contribution is 2.36. The molecule has 1 N–H and O–H groups in total. The van der Waals surface area contributed by atoms with E-state index in [-0.39, 0.29) is 0 Å². The SMILES string of the molecule is Cc1cc2c(c(C)c1-c1ccc3n[nH]nc3c1)CCC2. The number of hydrogen-bond acceptors (Lipinski definition) is 2. The standard InChI is InChI=1S/C17H17N3/c1-10-8-12-4-3-5-14(12)11(2)17(10)13-6-7-15-16(9-13)19-20-18-15/h6-9H,3-5H2,1-2H3,(H,18,19,20). The quantitative estimate of drug-likeness (QED) is 0.726. The maximum Gasteiger partial charge on any atom is 0.113 e. The van der Waals surface area contributed by atoms with Gasteiger partial charge in [-0.1, -0.05) is 12.1 Å². The van der Waals surface area contributed by atoms with Gasteiger partial charge in [0.1, 0.15) is 11.0 Å². The molecule has 3 nitrogen and oxygen atoms in total. The van der Waals surface area contributed by atoms with E-state index in [1.165, 1.54) is 41.5 Å². The van der Waals surface area contributed by atoms with Gasteiger partial charge >= 0.3 is 0 Å². The monoisotopic (exact) mass is 263 g/mol. The number of aromatic nitrogens is 3. The van der Waals surface area contributed by atoms with Crippen LogP contribution in [0.4, 0.5) is 0 Å². The van der Waals surface area contributed by atoms with Crippen molar-refractivity contribution in [3.63, 3.8) is 0 Å². The first-order valence-corrected chi connectivity index (χ1v) is 7.17. The largest absolute Gasteiger partial charge is 0.197 e. The van der Waals surface area contributed by atoms with Crippen LogP contribution in [-0.4, -0.2) is 15.4 Å². The molecule has 1 heterocycles. The Labute approximate surface area is 118 Å². The Morgan fingerprint density at radius 3 is 2.75 bits per heavy atom. The predicted molar refractivity (Wildman–Crippen MR) is 80.8 cm³/mol. The molecule has 0 amide bonds. The molecule has 0 atom stereocenters. The lowest BCUT2D eigenvalue weighted by Crippen LogP contribution is -1.95. The van der Waals surface area contributed by atoms with E-state index in [1.54, 1.807) is 11.1 Å². The first kappa shape index (κ1) is 11.6. The number of hydrogen-bond donors (Lipinski definition) is 1. The van der Waals surface area contributed by atoms with E-state index in [4.69, 9.17) is 0 Å². The Morgan fingerprint density at radius 1 is 1.00 bits per heavy atom. The lowest BCUT2D eigenvalue weighted by atomic mass is 9.90. The van der Waals surface area contributed by atoms with Crippen molar-refractivity contribution in [1.82, 2.24) is 15.4 Å². The molecular weight excluding hydrogens is 246 g/mol. The lowest BCUT2D eigenvalue weighted by Gasteiger charge is -2.15. The average Bonchev–Trinajstić information content (AvgIpc) is 3.06. The van der Waals surface area contributed by atoms with Crippen molar-refractivity contribution in [2.24, 2.45) is 0 Å². The molecule has 0 unspecified atom stereocenters. The van der Waals surface area contributed by atoms with Crippen molar-refractivity contribution in [1.29, 1.82) is 0 Å². The molecule has 100 valence electrons. The van der Waals surface area contributed by atoms with E-state index in [1.807, 2.05) is 6.07 Å². The summed E-state index contributed by atoms with van der Waals surface area (Å²) in [5, 5.41) is 11.0. The van der Waals surface area contributed by atoms with Crippen LogP contribution in [0.5, 0.6) is 0 Å². The van der Waals surface area contributed by atoms with Gasteiger partial charge in [0.2, 0.25) is 0 Å². The smallest absolute Gasteiger partial charge is 0.113 e. The normalized spacial score (nSPS) is 13.9. The third-order valence-electron chi connectivity index (χ3n) is 4.48. The Balaban J connectivity index is 1.97. The van der Waals surface area contributed by atoms with Crippen LogP contribution < -0.4 is 0 Å². The lowest BCUT2D eigenvalue weighted by molar-refractivity contribution is 0.909. The Bertz CT molecular complexity index is 814. The van der Waals surface area contributed by atoms with Gasteiger partial charge in [-0.15, -0.1) is 0 Å². The second-order valence-corrected chi connectivity index (χ2v) is 5.71.